The number of rotatable bonds is 5. The predicted octanol–water partition coefficient (Wildman–Crippen LogP) is 3.81. The fraction of sp³-hybridized carbons (Fsp3) is 0.125. The summed E-state index contributed by atoms with van der Waals surface area (Å²) in [6, 6.07) is 15.8. The number of thiazole rings is 1. The van der Waals surface area contributed by atoms with Crippen LogP contribution in [0.5, 0.6) is 5.75 Å². The molecule has 0 amide bonds. The number of ether oxygens (including phenoxy) is 1. The molecule has 3 aromatic rings. The van der Waals surface area contributed by atoms with Gasteiger partial charge in [-0.2, -0.15) is 5.26 Å². The van der Waals surface area contributed by atoms with Crippen LogP contribution in [-0.4, -0.2) is 11.6 Å². The lowest BCUT2D eigenvalue weighted by Gasteiger charge is -2.08. The van der Waals surface area contributed by atoms with Crippen LogP contribution in [0.25, 0.3) is 10.2 Å². The zero-order valence-electron chi connectivity index (χ0n) is 11.2. The first kappa shape index (κ1) is 13.4. The van der Waals surface area contributed by atoms with Gasteiger partial charge < -0.3 is 10.1 Å². The highest BCUT2D eigenvalue weighted by Crippen LogP contribution is 2.22. The van der Waals surface area contributed by atoms with Crippen LogP contribution in [0.15, 0.2) is 48.0 Å². The van der Waals surface area contributed by atoms with Crippen molar-refractivity contribution in [1.29, 1.82) is 5.26 Å². The highest BCUT2D eigenvalue weighted by Gasteiger charge is 2.00. The minimum atomic E-state index is 0.0684. The highest BCUT2D eigenvalue weighted by molar-refractivity contribution is 7.16. The van der Waals surface area contributed by atoms with Crippen LogP contribution in [0.2, 0.25) is 0 Å². The summed E-state index contributed by atoms with van der Waals surface area (Å²) in [5, 5.41) is 11.9. The van der Waals surface area contributed by atoms with Crippen molar-refractivity contribution in [3.05, 3.63) is 53.5 Å². The van der Waals surface area contributed by atoms with Crippen LogP contribution in [0, 0.1) is 11.3 Å². The Morgan fingerprint density at radius 2 is 2.19 bits per heavy atom. The first-order valence-electron chi connectivity index (χ1n) is 6.51. The normalized spacial score (nSPS) is 10.2. The molecule has 3 rings (SSSR count). The summed E-state index contributed by atoms with van der Waals surface area (Å²) < 4.78 is 6.47. The summed E-state index contributed by atoms with van der Waals surface area (Å²) >= 11 is 1.63. The molecule has 104 valence electrons. The maximum absolute atomic E-state index is 8.53. The van der Waals surface area contributed by atoms with Gasteiger partial charge in [0.2, 0.25) is 0 Å². The van der Waals surface area contributed by atoms with Crippen LogP contribution < -0.4 is 10.1 Å². The van der Waals surface area contributed by atoms with Crippen LogP contribution in [0.3, 0.4) is 0 Å². The van der Waals surface area contributed by atoms with Crippen molar-refractivity contribution in [1.82, 2.24) is 4.98 Å². The summed E-state index contributed by atoms with van der Waals surface area (Å²) in [7, 11) is 0. The predicted molar refractivity (Wildman–Crippen MR) is 84.5 cm³/mol. The second kappa shape index (κ2) is 6.25. The molecule has 0 spiro atoms. The van der Waals surface area contributed by atoms with Crippen molar-refractivity contribution < 1.29 is 4.74 Å². The fourth-order valence-corrected chi connectivity index (χ4v) is 2.75. The average molecular weight is 295 g/mol. The van der Waals surface area contributed by atoms with Crippen molar-refractivity contribution in [2.45, 2.75) is 6.54 Å². The zero-order chi connectivity index (χ0) is 14.5. The van der Waals surface area contributed by atoms with Gasteiger partial charge >= 0.3 is 0 Å². The largest absolute Gasteiger partial charge is 0.479 e. The van der Waals surface area contributed by atoms with Gasteiger partial charge in [-0.25, -0.2) is 4.98 Å². The lowest BCUT2D eigenvalue weighted by Crippen LogP contribution is -2.00. The van der Waals surface area contributed by atoms with Crippen molar-refractivity contribution in [2.24, 2.45) is 0 Å². The molecule has 1 N–H and O–H groups in total. The van der Waals surface area contributed by atoms with E-state index in [1.165, 1.54) is 4.70 Å². The molecule has 0 aliphatic rings. The first-order chi connectivity index (χ1) is 10.3. The second-order valence-corrected chi connectivity index (χ2v) is 5.37. The number of nitrogens with one attached hydrogen (secondary N) is 1. The number of benzene rings is 2. The number of nitrogens with zero attached hydrogens (tertiary/aromatic N) is 2. The van der Waals surface area contributed by atoms with E-state index in [0.717, 1.165) is 16.8 Å². The molecule has 1 aromatic heterocycles. The minimum absolute atomic E-state index is 0.0684. The quantitative estimate of drug-likeness (QED) is 0.777. The lowest BCUT2D eigenvalue weighted by molar-refractivity contribution is 0.368. The minimum Gasteiger partial charge on any atom is -0.479 e. The highest BCUT2D eigenvalue weighted by atomic mass is 32.1. The number of anilines is 1. The molecular weight excluding hydrogens is 282 g/mol. The molecule has 0 fully saturated rings. The molecule has 0 saturated carbocycles. The third-order valence-electron chi connectivity index (χ3n) is 3.03. The molecule has 0 unspecified atom stereocenters. The number of fused-ring (bicyclic) bond motifs is 1. The van der Waals surface area contributed by atoms with Crippen LogP contribution in [0.1, 0.15) is 5.56 Å². The smallest absolute Gasteiger partial charge is 0.174 e. The Labute approximate surface area is 126 Å². The number of nitriles is 1. The van der Waals surface area contributed by atoms with Crippen LogP contribution in [-0.2, 0) is 6.54 Å². The first-order valence-corrected chi connectivity index (χ1v) is 7.39. The third kappa shape index (κ3) is 3.30. The van der Waals surface area contributed by atoms with Crippen molar-refractivity contribution in [3.8, 4) is 11.8 Å². The SMILES string of the molecule is N#CCOc1cccc(CNc2ccc3ncsc3c2)c1. The Morgan fingerprint density at radius 3 is 3.10 bits per heavy atom. The maximum atomic E-state index is 8.53. The van der Waals surface area contributed by atoms with Gasteiger partial charge in [0.1, 0.15) is 11.8 Å². The van der Waals surface area contributed by atoms with Crippen molar-refractivity contribution >= 4 is 27.2 Å². The molecule has 0 radical (unpaired) electrons. The van der Waals surface area contributed by atoms with Gasteiger partial charge in [0.25, 0.3) is 0 Å². The molecule has 1 heterocycles. The molecule has 4 nitrogen and oxygen atoms in total. The van der Waals surface area contributed by atoms with E-state index in [1.54, 1.807) is 11.3 Å². The van der Waals surface area contributed by atoms with E-state index >= 15 is 0 Å². The van der Waals surface area contributed by atoms with Gasteiger partial charge in [-0.1, -0.05) is 12.1 Å². The van der Waals surface area contributed by atoms with E-state index in [-0.39, 0.29) is 6.61 Å². The third-order valence-corrected chi connectivity index (χ3v) is 3.82. The summed E-state index contributed by atoms with van der Waals surface area (Å²) in [4.78, 5) is 4.27. The van der Waals surface area contributed by atoms with E-state index in [4.69, 9.17) is 10.00 Å². The van der Waals surface area contributed by atoms with Gasteiger partial charge in [0, 0.05) is 12.2 Å². The van der Waals surface area contributed by atoms with Crippen molar-refractivity contribution in [3.63, 3.8) is 0 Å². The van der Waals surface area contributed by atoms with E-state index in [2.05, 4.69) is 16.4 Å². The Kier molecular flexibility index (Phi) is 3.99. The zero-order valence-corrected chi connectivity index (χ0v) is 12.1. The van der Waals surface area contributed by atoms with Crippen LogP contribution in [0.4, 0.5) is 5.69 Å². The summed E-state index contributed by atoms with van der Waals surface area (Å²) in [5.41, 5.74) is 5.05. The van der Waals surface area contributed by atoms with Gasteiger partial charge in [0.05, 0.1) is 15.7 Å². The van der Waals surface area contributed by atoms with E-state index in [0.29, 0.717) is 12.3 Å². The molecular formula is C16H13N3OS. The Hall–Kier alpha value is -2.58. The second-order valence-electron chi connectivity index (χ2n) is 4.48. The van der Waals surface area contributed by atoms with Gasteiger partial charge in [-0.15, -0.1) is 11.3 Å². The molecule has 21 heavy (non-hydrogen) atoms. The molecule has 0 bridgehead atoms. The topological polar surface area (TPSA) is 57.9 Å². The summed E-state index contributed by atoms with van der Waals surface area (Å²) in [5.74, 6) is 0.716. The monoisotopic (exact) mass is 295 g/mol. The van der Waals surface area contributed by atoms with E-state index < -0.39 is 0 Å². The number of hydrogen-bond donors (Lipinski definition) is 1. The number of hydrogen-bond acceptors (Lipinski definition) is 5. The Balaban J connectivity index is 1.67. The summed E-state index contributed by atoms with van der Waals surface area (Å²) in [6.07, 6.45) is 0. The van der Waals surface area contributed by atoms with Crippen LogP contribution >= 0.6 is 11.3 Å². The maximum Gasteiger partial charge on any atom is 0.174 e. The van der Waals surface area contributed by atoms with Gasteiger partial charge in [-0.05, 0) is 35.9 Å². The lowest BCUT2D eigenvalue weighted by atomic mass is 10.2. The molecule has 2 aromatic carbocycles. The molecule has 0 aliphatic heterocycles. The Bertz CT molecular complexity index is 791. The fourth-order valence-electron chi connectivity index (χ4n) is 2.03. The van der Waals surface area contributed by atoms with E-state index in [9.17, 15) is 0 Å². The summed E-state index contributed by atoms with van der Waals surface area (Å²) in [6.45, 7) is 0.771. The van der Waals surface area contributed by atoms with E-state index in [1.807, 2.05) is 48.0 Å². The van der Waals surface area contributed by atoms with Crippen molar-refractivity contribution in [2.75, 3.05) is 11.9 Å². The van der Waals surface area contributed by atoms with Gasteiger partial charge in [0.15, 0.2) is 6.61 Å². The molecule has 5 heteroatoms. The van der Waals surface area contributed by atoms with Gasteiger partial charge in [-0.3, -0.25) is 0 Å². The standard InChI is InChI=1S/C16H13N3OS/c17-6-7-20-14-3-1-2-12(8-14)10-18-13-4-5-15-16(9-13)21-11-19-15/h1-5,8-9,11,18H,7,10H2. The number of aromatic nitrogens is 1. The average Bonchev–Trinajstić information content (AvgIpc) is 2.99. The Morgan fingerprint density at radius 1 is 1.24 bits per heavy atom. The molecule has 0 saturated heterocycles. The molecule has 0 atom stereocenters. The molecule has 0 aliphatic carbocycles.